The molecule has 0 bridgehead atoms. The lowest BCUT2D eigenvalue weighted by Crippen LogP contribution is -1.98. The van der Waals surface area contributed by atoms with Gasteiger partial charge >= 0.3 is 0 Å². The number of hydrogen-bond acceptors (Lipinski definition) is 3. The van der Waals surface area contributed by atoms with E-state index in [4.69, 9.17) is 4.52 Å². The molecule has 0 spiro atoms. The minimum absolute atomic E-state index is 0.0878. The molecule has 3 rings (SSSR count). The predicted molar refractivity (Wildman–Crippen MR) is 97.0 cm³/mol. The van der Waals surface area contributed by atoms with E-state index in [1.165, 1.54) is 16.7 Å². The van der Waals surface area contributed by atoms with Gasteiger partial charge in [-0.3, -0.25) is 0 Å². The lowest BCUT2D eigenvalue weighted by molar-refractivity contribution is 0.371. The molecule has 0 aliphatic heterocycles. The highest BCUT2D eigenvalue weighted by Gasteiger charge is 2.17. The van der Waals surface area contributed by atoms with Crippen LogP contribution >= 0.6 is 0 Å². The fourth-order valence-electron chi connectivity index (χ4n) is 2.79. The van der Waals surface area contributed by atoms with Gasteiger partial charge in [0.05, 0.1) is 5.92 Å². The zero-order chi connectivity index (χ0) is 17.1. The molecule has 2 aromatic carbocycles. The minimum atomic E-state index is 0.0878. The van der Waals surface area contributed by atoms with Gasteiger partial charge in [-0.2, -0.15) is 4.98 Å². The van der Waals surface area contributed by atoms with Crippen LogP contribution in [0.15, 0.2) is 53.1 Å². The van der Waals surface area contributed by atoms with Gasteiger partial charge < -0.3 is 4.52 Å². The van der Waals surface area contributed by atoms with Gasteiger partial charge in [-0.1, -0.05) is 73.1 Å². The van der Waals surface area contributed by atoms with Gasteiger partial charge in [0.15, 0.2) is 0 Å². The fourth-order valence-corrected chi connectivity index (χ4v) is 2.79. The molecule has 0 fully saturated rings. The lowest BCUT2D eigenvalue weighted by Gasteiger charge is -2.09. The second kappa shape index (κ2) is 7.00. The molecule has 3 heteroatoms. The third kappa shape index (κ3) is 3.73. The number of benzene rings is 2. The Balaban J connectivity index is 1.78. The second-order valence-corrected chi connectivity index (χ2v) is 6.88. The summed E-state index contributed by atoms with van der Waals surface area (Å²) in [5.74, 6) is 2.06. The molecule has 0 saturated heterocycles. The largest absolute Gasteiger partial charge is 0.338 e. The average Bonchev–Trinajstić information content (AvgIpc) is 3.05. The monoisotopic (exact) mass is 320 g/mol. The highest BCUT2D eigenvalue weighted by atomic mass is 16.5. The zero-order valence-corrected chi connectivity index (χ0v) is 14.8. The van der Waals surface area contributed by atoms with E-state index in [9.17, 15) is 0 Å². The van der Waals surface area contributed by atoms with E-state index in [0.29, 0.717) is 17.6 Å². The van der Waals surface area contributed by atoms with Crippen LogP contribution in [0.1, 0.15) is 49.3 Å². The maximum Gasteiger partial charge on any atom is 0.234 e. The Hall–Kier alpha value is -2.42. The molecule has 3 nitrogen and oxygen atoms in total. The van der Waals surface area contributed by atoms with E-state index < -0.39 is 0 Å². The molecular weight excluding hydrogens is 296 g/mol. The van der Waals surface area contributed by atoms with E-state index in [0.717, 1.165) is 12.0 Å². The maximum absolute atomic E-state index is 5.50. The summed E-state index contributed by atoms with van der Waals surface area (Å²) in [5, 5.41) is 4.13. The highest BCUT2D eigenvalue weighted by Crippen LogP contribution is 2.26. The van der Waals surface area contributed by atoms with Crippen molar-refractivity contribution in [2.45, 2.75) is 40.0 Å². The molecule has 0 aliphatic rings. The predicted octanol–water partition coefficient (Wildman–Crippen LogP) is 5.40. The molecule has 0 N–H and O–H groups in total. The summed E-state index contributed by atoms with van der Waals surface area (Å²) in [6.45, 7) is 8.64. The molecule has 0 radical (unpaired) electrons. The fraction of sp³-hybridized carbons (Fsp3) is 0.333. The number of rotatable bonds is 5. The van der Waals surface area contributed by atoms with Crippen LogP contribution in [-0.2, 0) is 6.42 Å². The summed E-state index contributed by atoms with van der Waals surface area (Å²) in [6.07, 6.45) is 1.10. The highest BCUT2D eigenvalue weighted by molar-refractivity contribution is 5.54. The molecule has 124 valence electrons. The Labute approximate surface area is 143 Å². The van der Waals surface area contributed by atoms with Crippen molar-refractivity contribution in [3.05, 3.63) is 71.1 Å². The van der Waals surface area contributed by atoms with Crippen LogP contribution in [0.2, 0.25) is 0 Å². The molecule has 0 amide bonds. The molecule has 3 aromatic rings. The SMILES string of the molecule is Cc1ccc(-c2noc(C(C)c3ccc(CC(C)C)cc3)n2)cc1. The van der Waals surface area contributed by atoms with Crippen molar-refractivity contribution in [3.63, 3.8) is 0 Å². The topological polar surface area (TPSA) is 38.9 Å². The summed E-state index contributed by atoms with van der Waals surface area (Å²) >= 11 is 0. The van der Waals surface area contributed by atoms with Crippen LogP contribution in [-0.4, -0.2) is 10.1 Å². The van der Waals surface area contributed by atoms with Crippen molar-refractivity contribution in [3.8, 4) is 11.4 Å². The Morgan fingerprint density at radius 2 is 1.58 bits per heavy atom. The van der Waals surface area contributed by atoms with Crippen molar-refractivity contribution in [2.75, 3.05) is 0 Å². The first-order chi connectivity index (χ1) is 11.5. The molecule has 1 atom stereocenters. The van der Waals surface area contributed by atoms with Gasteiger partial charge in [-0.15, -0.1) is 0 Å². The Bertz CT molecular complexity index is 785. The van der Waals surface area contributed by atoms with E-state index in [1.807, 2.05) is 12.1 Å². The molecule has 24 heavy (non-hydrogen) atoms. The van der Waals surface area contributed by atoms with Gasteiger partial charge in [0, 0.05) is 5.56 Å². The summed E-state index contributed by atoms with van der Waals surface area (Å²) in [6, 6.07) is 16.9. The van der Waals surface area contributed by atoms with Crippen molar-refractivity contribution >= 4 is 0 Å². The summed E-state index contributed by atoms with van der Waals surface area (Å²) in [4.78, 5) is 4.58. The Kier molecular flexibility index (Phi) is 4.79. The summed E-state index contributed by atoms with van der Waals surface area (Å²) < 4.78 is 5.50. The van der Waals surface area contributed by atoms with Crippen molar-refractivity contribution in [1.29, 1.82) is 0 Å². The van der Waals surface area contributed by atoms with Gasteiger partial charge in [-0.05, 0) is 37.3 Å². The third-order valence-corrected chi connectivity index (χ3v) is 4.25. The molecular formula is C21H24N2O. The number of aryl methyl sites for hydroxylation is 1. The van der Waals surface area contributed by atoms with E-state index in [1.54, 1.807) is 0 Å². The van der Waals surface area contributed by atoms with Crippen LogP contribution in [0, 0.1) is 12.8 Å². The van der Waals surface area contributed by atoms with Crippen LogP contribution in [0.25, 0.3) is 11.4 Å². The smallest absolute Gasteiger partial charge is 0.234 e. The van der Waals surface area contributed by atoms with Gasteiger partial charge in [0.1, 0.15) is 0 Å². The number of aromatic nitrogens is 2. The Morgan fingerprint density at radius 1 is 0.917 bits per heavy atom. The zero-order valence-electron chi connectivity index (χ0n) is 14.8. The van der Waals surface area contributed by atoms with Crippen molar-refractivity contribution < 1.29 is 4.52 Å². The molecule has 1 unspecified atom stereocenters. The van der Waals surface area contributed by atoms with Crippen LogP contribution in [0.5, 0.6) is 0 Å². The van der Waals surface area contributed by atoms with Crippen molar-refractivity contribution in [2.24, 2.45) is 5.92 Å². The maximum atomic E-state index is 5.50. The molecule has 1 heterocycles. The number of nitrogens with zero attached hydrogens (tertiary/aromatic N) is 2. The van der Waals surface area contributed by atoms with Crippen LogP contribution < -0.4 is 0 Å². The van der Waals surface area contributed by atoms with Crippen LogP contribution in [0.4, 0.5) is 0 Å². The first-order valence-corrected chi connectivity index (χ1v) is 8.52. The van der Waals surface area contributed by atoms with Crippen molar-refractivity contribution in [1.82, 2.24) is 10.1 Å². The third-order valence-electron chi connectivity index (χ3n) is 4.25. The molecule has 1 aromatic heterocycles. The second-order valence-electron chi connectivity index (χ2n) is 6.88. The quantitative estimate of drug-likeness (QED) is 0.632. The lowest BCUT2D eigenvalue weighted by atomic mass is 9.97. The number of hydrogen-bond donors (Lipinski definition) is 0. The molecule has 0 aliphatic carbocycles. The van der Waals surface area contributed by atoms with Crippen LogP contribution in [0.3, 0.4) is 0 Å². The average molecular weight is 320 g/mol. The first-order valence-electron chi connectivity index (χ1n) is 8.52. The normalized spacial score (nSPS) is 12.5. The van der Waals surface area contributed by atoms with Gasteiger partial charge in [0.25, 0.3) is 0 Å². The standard InChI is InChI=1S/C21H24N2O/c1-14(2)13-17-7-11-18(12-8-17)16(4)21-22-20(23-24-21)19-9-5-15(3)6-10-19/h5-12,14,16H,13H2,1-4H3. The minimum Gasteiger partial charge on any atom is -0.338 e. The van der Waals surface area contributed by atoms with E-state index >= 15 is 0 Å². The summed E-state index contributed by atoms with van der Waals surface area (Å²) in [5.41, 5.74) is 4.76. The van der Waals surface area contributed by atoms with Gasteiger partial charge in [0.2, 0.25) is 11.7 Å². The summed E-state index contributed by atoms with van der Waals surface area (Å²) in [7, 11) is 0. The van der Waals surface area contributed by atoms with E-state index in [2.05, 4.69) is 74.2 Å². The molecule has 0 saturated carbocycles. The van der Waals surface area contributed by atoms with Gasteiger partial charge in [-0.25, -0.2) is 0 Å². The first kappa shape index (κ1) is 16.4. The van der Waals surface area contributed by atoms with E-state index in [-0.39, 0.29) is 5.92 Å². The Morgan fingerprint density at radius 3 is 2.21 bits per heavy atom.